The van der Waals surface area contributed by atoms with Gasteiger partial charge < -0.3 is 9.64 Å². The van der Waals surface area contributed by atoms with Gasteiger partial charge in [0.1, 0.15) is 0 Å². The minimum atomic E-state index is 0.415. The molecule has 3 nitrogen and oxygen atoms in total. The van der Waals surface area contributed by atoms with Crippen molar-refractivity contribution in [2.24, 2.45) is 0 Å². The molecule has 16 heavy (non-hydrogen) atoms. The first-order valence-electron chi connectivity index (χ1n) is 6.39. The quantitative estimate of drug-likeness (QED) is 0.734. The monoisotopic (exact) mass is 290 g/mol. The average molecular weight is 291 g/mol. The molecule has 0 radical (unpaired) electrons. The molecule has 4 heteroatoms. The van der Waals surface area contributed by atoms with E-state index in [9.17, 15) is 0 Å². The van der Waals surface area contributed by atoms with Crippen LogP contribution in [0, 0.1) is 0 Å². The van der Waals surface area contributed by atoms with Crippen LogP contribution in [-0.4, -0.2) is 67.1 Å². The van der Waals surface area contributed by atoms with Crippen molar-refractivity contribution >= 4 is 15.9 Å². The van der Waals surface area contributed by atoms with Gasteiger partial charge in [0.15, 0.2) is 0 Å². The maximum absolute atomic E-state index is 5.85. The minimum absolute atomic E-state index is 0.415. The van der Waals surface area contributed by atoms with Crippen LogP contribution in [0.2, 0.25) is 0 Å². The summed E-state index contributed by atoms with van der Waals surface area (Å²) in [5, 5.41) is 1.11. The van der Waals surface area contributed by atoms with E-state index in [1.807, 2.05) is 0 Å². The number of rotatable bonds is 3. The number of morpholine rings is 1. The Kier molecular flexibility index (Phi) is 5.07. The molecular formula is C12H23BrN2O. The molecule has 0 bridgehead atoms. The molecule has 2 atom stereocenters. The lowest BCUT2D eigenvalue weighted by Crippen LogP contribution is -2.50. The van der Waals surface area contributed by atoms with Crippen molar-refractivity contribution < 1.29 is 4.74 Å². The molecule has 0 aromatic carbocycles. The number of nitrogens with zero attached hydrogens (tertiary/aromatic N) is 2. The number of alkyl halides is 1. The van der Waals surface area contributed by atoms with Gasteiger partial charge in [-0.15, -0.1) is 0 Å². The van der Waals surface area contributed by atoms with Crippen LogP contribution in [-0.2, 0) is 4.74 Å². The summed E-state index contributed by atoms with van der Waals surface area (Å²) in [7, 11) is 2.19. The van der Waals surface area contributed by atoms with Gasteiger partial charge in [0.2, 0.25) is 0 Å². The molecule has 2 unspecified atom stereocenters. The number of hydrogen-bond donors (Lipinski definition) is 0. The molecule has 0 aliphatic carbocycles. The van der Waals surface area contributed by atoms with Gasteiger partial charge in [-0.2, -0.15) is 0 Å². The van der Waals surface area contributed by atoms with Crippen molar-refractivity contribution in [2.45, 2.75) is 31.4 Å². The normalized spacial score (nSPS) is 34.1. The van der Waals surface area contributed by atoms with E-state index in [0.717, 1.165) is 37.6 Å². The molecule has 94 valence electrons. The number of likely N-dealkylation sites (tertiary alicyclic amines) is 1. The molecule has 2 aliphatic heterocycles. The van der Waals surface area contributed by atoms with Crippen molar-refractivity contribution in [3.8, 4) is 0 Å². The molecule has 0 aromatic rings. The Balaban J connectivity index is 1.82. The number of hydrogen-bond acceptors (Lipinski definition) is 3. The van der Waals surface area contributed by atoms with E-state index in [1.165, 1.54) is 25.8 Å². The summed E-state index contributed by atoms with van der Waals surface area (Å²) >= 11 is 3.64. The van der Waals surface area contributed by atoms with Gasteiger partial charge in [0, 0.05) is 31.0 Å². The van der Waals surface area contributed by atoms with Gasteiger partial charge in [-0.05, 0) is 26.4 Å². The van der Waals surface area contributed by atoms with Crippen LogP contribution in [0.3, 0.4) is 0 Å². The fourth-order valence-corrected chi connectivity index (χ4v) is 3.45. The van der Waals surface area contributed by atoms with Gasteiger partial charge in [-0.25, -0.2) is 0 Å². The summed E-state index contributed by atoms with van der Waals surface area (Å²) in [6.07, 6.45) is 4.50. The zero-order valence-electron chi connectivity index (χ0n) is 10.2. The number of piperidine rings is 1. The Morgan fingerprint density at radius 2 is 2.19 bits per heavy atom. The first kappa shape index (κ1) is 12.8. The predicted molar refractivity (Wildman–Crippen MR) is 70.2 cm³/mol. The maximum Gasteiger partial charge on any atom is 0.0829 e. The molecule has 0 aromatic heterocycles. The van der Waals surface area contributed by atoms with Gasteiger partial charge in [-0.1, -0.05) is 22.4 Å². The Labute approximate surface area is 107 Å². The van der Waals surface area contributed by atoms with E-state index in [4.69, 9.17) is 4.74 Å². The van der Waals surface area contributed by atoms with Crippen molar-refractivity contribution in [3.05, 3.63) is 0 Å². The van der Waals surface area contributed by atoms with Gasteiger partial charge >= 0.3 is 0 Å². The van der Waals surface area contributed by atoms with Crippen molar-refractivity contribution in [3.63, 3.8) is 0 Å². The summed E-state index contributed by atoms with van der Waals surface area (Å²) in [6.45, 7) is 5.43. The fraction of sp³-hybridized carbons (Fsp3) is 1.00. The van der Waals surface area contributed by atoms with Gasteiger partial charge in [0.05, 0.1) is 12.7 Å². The summed E-state index contributed by atoms with van der Waals surface area (Å²) in [4.78, 5) is 4.99. The second-order valence-electron chi connectivity index (χ2n) is 5.05. The van der Waals surface area contributed by atoms with Crippen LogP contribution < -0.4 is 0 Å². The number of likely N-dealkylation sites (N-methyl/N-ethyl adjacent to an activating group) is 1. The highest BCUT2D eigenvalue weighted by Crippen LogP contribution is 2.19. The van der Waals surface area contributed by atoms with Crippen molar-refractivity contribution in [1.82, 2.24) is 9.80 Å². The first-order chi connectivity index (χ1) is 7.79. The molecule has 0 saturated carbocycles. The summed E-state index contributed by atoms with van der Waals surface area (Å²) in [5.41, 5.74) is 0. The molecule has 0 N–H and O–H groups in total. The highest BCUT2D eigenvalue weighted by atomic mass is 79.9. The van der Waals surface area contributed by atoms with E-state index in [1.54, 1.807) is 0 Å². The molecule has 2 aliphatic rings. The molecule has 2 heterocycles. The van der Waals surface area contributed by atoms with E-state index >= 15 is 0 Å². The van der Waals surface area contributed by atoms with Gasteiger partial charge in [-0.3, -0.25) is 4.90 Å². The van der Waals surface area contributed by atoms with Crippen molar-refractivity contribution in [1.29, 1.82) is 0 Å². The van der Waals surface area contributed by atoms with E-state index < -0.39 is 0 Å². The third-order valence-corrected chi connectivity index (χ3v) is 4.45. The Hall–Kier alpha value is 0.360. The van der Waals surface area contributed by atoms with Crippen LogP contribution in [0.1, 0.15) is 19.3 Å². The van der Waals surface area contributed by atoms with Crippen molar-refractivity contribution in [2.75, 3.05) is 45.2 Å². The number of halogens is 1. The van der Waals surface area contributed by atoms with Crippen LogP contribution in [0.5, 0.6) is 0 Å². The summed E-state index contributed by atoms with van der Waals surface area (Å²) < 4.78 is 5.85. The van der Waals surface area contributed by atoms with Crippen LogP contribution in [0.15, 0.2) is 0 Å². The third-order valence-electron chi connectivity index (χ3n) is 3.71. The lowest BCUT2D eigenvalue weighted by Gasteiger charge is -2.39. The molecule has 2 fully saturated rings. The highest BCUT2D eigenvalue weighted by molar-refractivity contribution is 9.09. The van der Waals surface area contributed by atoms with E-state index in [2.05, 4.69) is 32.8 Å². The Bertz CT molecular complexity index is 215. The SMILES string of the molecule is CN1CCOC(CN2CCCCC2CBr)C1. The lowest BCUT2D eigenvalue weighted by atomic mass is 10.0. The van der Waals surface area contributed by atoms with E-state index in [-0.39, 0.29) is 0 Å². The summed E-state index contributed by atoms with van der Waals surface area (Å²) in [6, 6.07) is 0.726. The Morgan fingerprint density at radius 1 is 1.31 bits per heavy atom. The average Bonchev–Trinajstić information content (AvgIpc) is 2.30. The topological polar surface area (TPSA) is 15.7 Å². The standard InChI is InChI=1S/C12H23BrN2O/c1-14-6-7-16-12(9-14)10-15-5-3-2-4-11(15)8-13/h11-12H,2-10H2,1H3. The van der Waals surface area contributed by atoms with Crippen LogP contribution >= 0.6 is 15.9 Å². The highest BCUT2D eigenvalue weighted by Gasteiger charge is 2.26. The zero-order chi connectivity index (χ0) is 11.4. The fourth-order valence-electron chi connectivity index (χ4n) is 2.71. The van der Waals surface area contributed by atoms with Crippen LogP contribution in [0.25, 0.3) is 0 Å². The smallest absolute Gasteiger partial charge is 0.0829 e. The zero-order valence-corrected chi connectivity index (χ0v) is 11.8. The molecular weight excluding hydrogens is 268 g/mol. The van der Waals surface area contributed by atoms with Crippen LogP contribution in [0.4, 0.5) is 0 Å². The lowest BCUT2D eigenvalue weighted by molar-refractivity contribution is -0.0434. The second-order valence-corrected chi connectivity index (χ2v) is 5.70. The molecule has 0 amide bonds. The van der Waals surface area contributed by atoms with E-state index in [0.29, 0.717) is 6.10 Å². The predicted octanol–water partition coefficient (Wildman–Crippen LogP) is 1.57. The molecule has 0 spiro atoms. The molecule has 2 rings (SSSR count). The Morgan fingerprint density at radius 3 is 2.94 bits per heavy atom. The summed E-state index contributed by atoms with van der Waals surface area (Å²) in [5.74, 6) is 0. The van der Waals surface area contributed by atoms with Gasteiger partial charge in [0.25, 0.3) is 0 Å². The second kappa shape index (κ2) is 6.34. The first-order valence-corrected chi connectivity index (χ1v) is 7.52. The largest absolute Gasteiger partial charge is 0.374 e. The third kappa shape index (κ3) is 3.42. The minimum Gasteiger partial charge on any atom is -0.374 e. The maximum atomic E-state index is 5.85. The number of ether oxygens (including phenoxy) is 1. The molecule has 2 saturated heterocycles.